The lowest BCUT2D eigenvalue weighted by Crippen LogP contribution is -2.05. The number of nitrogens with zero attached hydrogens (tertiary/aromatic N) is 5. The van der Waals surface area contributed by atoms with E-state index in [1.54, 1.807) is 6.07 Å². The van der Waals surface area contributed by atoms with Crippen LogP contribution in [0.25, 0.3) is 16.7 Å². The Morgan fingerprint density at radius 1 is 1.32 bits per heavy atom. The van der Waals surface area contributed by atoms with Gasteiger partial charge in [-0.25, -0.2) is 9.66 Å². The number of allylic oxidation sites excluding steroid dienone is 1. The molecule has 7 nitrogen and oxygen atoms in total. The SMILES string of the molecule is N#CC(=CNn1cnnc1)c1nc2ccccc2o1. The Labute approximate surface area is 107 Å². The minimum atomic E-state index is 0.268. The van der Waals surface area contributed by atoms with Crippen molar-refractivity contribution in [3.05, 3.63) is 49.0 Å². The molecule has 0 radical (unpaired) electrons. The zero-order chi connectivity index (χ0) is 13.1. The van der Waals surface area contributed by atoms with E-state index in [2.05, 4.69) is 20.6 Å². The van der Waals surface area contributed by atoms with Crippen LogP contribution in [0.2, 0.25) is 0 Å². The van der Waals surface area contributed by atoms with Crippen LogP contribution in [0.1, 0.15) is 5.89 Å². The van der Waals surface area contributed by atoms with E-state index in [1.165, 1.54) is 23.5 Å². The molecule has 2 aromatic heterocycles. The maximum absolute atomic E-state index is 9.13. The van der Waals surface area contributed by atoms with Gasteiger partial charge in [0.2, 0.25) is 5.89 Å². The highest BCUT2D eigenvalue weighted by Crippen LogP contribution is 2.19. The summed E-state index contributed by atoms with van der Waals surface area (Å²) in [4.78, 5) is 4.25. The second-order valence-electron chi connectivity index (χ2n) is 3.65. The van der Waals surface area contributed by atoms with Gasteiger partial charge in [-0.2, -0.15) is 5.26 Å². The largest absolute Gasteiger partial charge is 0.435 e. The Morgan fingerprint density at radius 3 is 2.84 bits per heavy atom. The van der Waals surface area contributed by atoms with Gasteiger partial charge >= 0.3 is 0 Å². The normalized spacial score (nSPS) is 11.4. The molecule has 0 spiro atoms. The van der Waals surface area contributed by atoms with E-state index in [1.807, 2.05) is 24.3 Å². The van der Waals surface area contributed by atoms with Crippen LogP contribution in [-0.2, 0) is 0 Å². The van der Waals surface area contributed by atoms with Crippen LogP contribution < -0.4 is 5.43 Å². The molecular formula is C12H8N6O. The van der Waals surface area contributed by atoms with Gasteiger partial charge in [-0.05, 0) is 12.1 Å². The third kappa shape index (κ3) is 2.14. The molecule has 3 rings (SSSR count). The summed E-state index contributed by atoms with van der Waals surface area (Å²) in [5.74, 6) is 0.268. The average molecular weight is 252 g/mol. The summed E-state index contributed by atoms with van der Waals surface area (Å²) < 4.78 is 7.01. The Bertz CT molecular complexity index is 732. The van der Waals surface area contributed by atoms with Crippen LogP contribution in [-0.4, -0.2) is 19.9 Å². The lowest BCUT2D eigenvalue weighted by molar-refractivity contribution is 0.586. The number of hydrogen-bond acceptors (Lipinski definition) is 6. The number of para-hydroxylation sites is 2. The molecule has 0 atom stereocenters. The first-order valence-corrected chi connectivity index (χ1v) is 5.44. The molecule has 0 amide bonds. The van der Waals surface area contributed by atoms with Crippen LogP contribution >= 0.6 is 0 Å². The molecule has 0 aliphatic rings. The van der Waals surface area contributed by atoms with Crippen molar-refractivity contribution in [3.63, 3.8) is 0 Å². The summed E-state index contributed by atoms with van der Waals surface area (Å²) in [6.07, 6.45) is 4.42. The topological polar surface area (TPSA) is 92.6 Å². The van der Waals surface area contributed by atoms with Gasteiger partial charge in [0.15, 0.2) is 5.58 Å². The van der Waals surface area contributed by atoms with Crippen molar-refractivity contribution >= 4 is 16.7 Å². The zero-order valence-electron chi connectivity index (χ0n) is 9.69. The van der Waals surface area contributed by atoms with Crippen LogP contribution in [0.15, 0.2) is 47.5 Å². The molecule has 1 N–H and O–H groups in total. The van der Waals surface area contributed by atoms with E-state index in [-0.39, 0.29) is 11.5 Å². The molecule has 7 heteroatoms. The summed E-state index contributed by atoms with van der Waals surface area (Å²) >= 11 is 0. The van der Waals surface area contributed by atoms with Gasteiger partial charge < -0.3 is 4.42 Å². The first kappa shape index (κ1) is 11.0. The molecule has 0 aliphatic heterocycles. The number of benzene rings is 1. The van der Waals surface area contributed by atoms with Crippen molar-refractivity contribution in [2.45, 2.75) is 0 Å². The van der Waals surface area contributed by atoms with E-state index in [4.69, 9.17) is 9.68 Å². The Morgan fingerprint density at radius 2 is 2.11 bits per heavy atom. The van der Waals surface area contributed by atoms with E-state index < -0.39 is 0 Å². The van der Waals surface area contributed by atoms with Gasteiger partial charge in [0.25, 0.3) is 0 Å². The molecule has 92 valence electrons. The summed E-state index contributed by atoms with van der Waals surface area (Å²) in [6, 6.07) is 9.36. The van der Waals surface area contributed by atoms with E-state index in [0.29, 0.717) is 11.1 Å². The molecular weight excluding hydrogens is 244 g/mol. The highest BCUT2D eigenvalue weighted by molar-refractivity contribution is 5.79. The van der Waals surface area contributed by atoms with Crippen molar-refractivity contribution < 1.29 is 4.42 Å². The summed E-state index contributed by atoms with van der Waals surface area (Å²) in [5.41, 5.74) is 4.46. The number of nitrogens with one attached hydrogen (secondary N) is 1. The van der Waals surface area contributed by atoms with Gasteiger partial charge in [0.05, 0.1) is 0 Å². The maximum atomic E-state index is 9.13. The smallest absolute Gasteiger partial charge is 0.239 e. The van der Waals surface area contributed by atoms with Crippen molar-refractivity contribution in [2.24, 2.45) is 0 Å². The summed E-state index contributed by atoms with van der Waals surface area (Å²) in [7, 11) is 0. The molecule has 1 aromatic carbocycles. The molecule has 3 aromatic rings. The Kier molecular flexibility index (Phi) is 2.67. The fourth-order valence-corrected chi connectivity index (χ4v) is 1.54. The molecule has 0 bridgehead atoms. The highest BCUT2D eigenvalue weighted by atomic mass is 16.3. The molecule has 2 heterocycles. The summed E-state index contributed by atoms with van der Waals surface area (Å²) in [6.45, 7) is 0. The standard InChI is InChI=1S/C12H8N6O/c13-5-9(6-16-18-7-14-15-8-18)12-17-10-3-1-2-4-11(10)19-12/h1-4,6-8,16H. The number of nitriles is 1. The van der Waals surface area contributed by atoms with Gasteiger partial charge in [-0.15, -0.1) is 10.2 Å². The second-order valence-corrected chi connectivity index (χ2v) is 3.65. The quantitative estimate of drug-likeness (QED) is 0.710. The summed E-state index contributed by atoms with van der Waals surface area (Å²) in [5, 5.41) is 16.4. The lowest BCUT2D eigenvalue weighted by Gasteiger charge is -1.98. The highest BCUT2D eigenvalue weighted by Gasteiger charge is 2.09. The second kappa shape index (κ2) is 4.62. The van der Waals surface area contributed by atoms with E-state index in [0.717, 1.165) is 0 Å². The van der Waals surface area contributed by atoms with Gasteiger partial charge in [0, 0.05) is 6.20 Å². The van der Waals surface area contributed by atoms with Crippen LogP contribution in [0.5, 0.6) is 0 Å². The molecule has 0 saturated heterocycles. The molecule has 0 fully saturated rings. The predicted molar refractivity (Wildman–Crippen MR) is 67.0 cm³/mol. The number of fused-ring (bicyclic) bond motifs is 1. The van der Waals surface area contributed by atoms with E-state index in [9.17, 15) is 0 Å². The van der Waals surface area contributed by atoms with Crippen molar-refractivity contribution in [2.75, 3.05) is 5.43 Å². The fraction of sp³-hybridized carbons (Fsp3) is 0. The minimum absolute atomic E-state index is 0.268. The Balaban J connectivity index is 1.93. The van der Waals surface area contributed by atoms with Crippen LogP contribution in [0.4, 0.5) is 0 Å². The molecule has 0 unspecified atom stereocenters. The lowest BCUT2D eigenvalue weighted by atomic mass is 10.3. The zero-order valence-corrected chi connectivity index (χ0v) is 9.69. The first-order chi connectivity index (χ1) is 9.36. The van der Waals surface area contributed by atoms with E-state index >= 15 is 0 Å². The van der Waals surface area contributed by atoms with Gasteiger partial charge in [0.1, 0.15) is 29.8 Å². The fourth-order valence-electron chi connectivity index (χ4n) is 1.54. The van der Waals surface area contributed by atoms with Crippen molar-refractivity contribution in [1.29, 1.82) is 5.26 Å². The molecule has 0 aliphatic carbocycles. The monoisotopic (exact) mass is 252 g/mol. The molecule has 0 saturated carbocycles. The number of hydrogen-bond donors (Lipinski definition) is 1. The first-order valence-electron chi connectivity index (χ1n) is 5.44. The number of aromatic nitrogens is 4. The third-order valence-electron chi connectivity index (χ3n) is 2.42. The third-order valence-corrected chi connectivity index (χ3v) is 2.42. The van der Waals surface area contributed by atoms with Crippen molar-refractivity contribution in [3.8, 4) is 6.07 Å². The predicted octanol–water partition coefficient (Wildman–Crippen LogP) is 1.53. The minimum Gasteiger partial charge on any atom is -0.435 e. The van der Waals surface area contributed by atoms with Crippen LogP contribution in [0, 0.1) is 11.3 Å². The average Bonchev–Trinajstić information content (AvgIpc) is 3.08. The van der Waals surface area contributed by atoms with Gasteiger partial charge in [-0.1, -0.05) is 12.1 Å². The van der Waals surface area contributed by atoms with Gasteiger partial charge in [-0.3, -0.25) is 5.43 Å². The van der Waals surface area contributed by atoms with Crippen LogP contribution in [0.3, 0.4) is 0 Å². The maximum Gasteiger partial charge on any atom is 0.239 e. The molecule has 19 heavy (non-hydrogen) atoms. The van der Waals surface area contributed by atoms with Crippen molar-refractivity contribution in [1.82, 2.24) is 19.9 Å². The Hall–Kier alpha value is -3.14. The number of oxazole rings is 1. The number of rotatable bonds is 3.